The minimum atomic E-state index is -4.67. The van der Waals surface area contributed by atoms with Crippen molar-refractivity contribution in [3.05, 3.63) is 52.2 Å². The first-order valence-electron chi connectivity index (χ1n) is 6.61. The molecule has 2 aromatic rings. The van der Waals surface area contributed by atoms with Crippen LogP contribution in [-0.2, 0) is 0 Å². The summed E-state index contributed by atoms with van der Waals surface area (Å²) in [6.07, 6.45) is -3.73. The minimum Gasteiger partial charge on any atom is -0.406 e. The van der Waals surface area contributed by atoms with Crippen LogP contribution in [0.2, 0.25) is 0 Å². The van der Waals surface area contributed by atoms with Gasteiger partial charge in [0.2, 0.25) is 0 Å². The van der Waals surface area contributed by atoms with E-state index < -0.39 is 6.36 Å². The Morgan fingerprint density at radius 1 is 1.24 bits per heavy atom. The van der Waals surface area contributed by atoms with Crippen LogP contribution in [0.15, 0.2) is 41.1 Å². The van der Waals surface area contributed by atoms with Crippen LogP contribution in [-0.4, -0.2) is 12.9 Å². The van der Waals surface area contributed by atoms with Crippen LogP contribution in [0.4, 0.5) is 13.2 Å². The SMILES string of the molecule is CCCNC(c1ccsc1)c1cccc(OC(F)(F)F)c1. The summed E-state index contributed by atoms with van der Waals surface area (Å²) in [5.41, 5.74) is 1.79. The van der Waals surface area contributed by atoms with Crippen molar-refractivity contribution >= 4 is 11.3 Å². The fourth-order valence-corrected chi connectivity index (χ4v) is 2.73. The van der Waals surface area contributed by atoms with Gasteiger partial charge in [-0.2, -0.15) is 11.3 Å². The Hall–Kier alpha value is -1.53. The van der Waals surface area contributed by atoms with E-state index in [1.54, 1.807) is 23.5 Å². The largest absolute Gasteiger partial charge is 0.573 e. The molecule has 1 aromatic heterocycles. The maximum atomic E-state index is 12.3. The topological polar surface area (TPSA) is 21.3 Å². The molecular weight excluding hydrogens is 299 g/mol. The van der Waals surface area contributed by atoms with Crippen molar-refractivity contribution in [2.75, 3.05) is 6.54 Å². The Morgan fingerprint density at radius 3 is 2.67 bits per heavy atom. The Bertz CT molecular complexity index is 554. The van der Waals surface area contributed by atoms with Crippen molar-refractivity contribution in [1.82, 2.24) is 5.32 Å². The van der Waals surface area contributed by atoms with Crippen molar-refractivity contribution < 1.29 is 17.9 Å². The molecule has 2 rings (SSSR count). The van der Waals surface area contributed by atoms with Crippen molar-refractivity contribution in [2.24, 2.45) is 0 Å². The summed E-state index contributed by atoms with van der Waals surface area (Å²) in [6.45, 7) is 2.83. The van der Waals surface area contributed by atoms with Gasteiger partial charge in [0.15, 0.2) is 0 Å². The highest BCUT2D eigenvalue weighted by atomic mass is 32.1. The summed E-state index contributed by atoms with van der Waals surface area (Å²) >= 11 is 1.56. The number of hydrogen-bond acceptors (Lipinski definition) is 3. The lowest BCUT2D eigenvalue weighted by atomic mass is 10.0. The molecule has 0 radical (unpaired) electrons. The first kappa shape index (κ1) is 15.9. The maximum absolute atomic E-state index is 12.3. The van der Waals surface area contributed by atoms with Gasteiger partial charge in [0.25, 0.3) is 0 Å². The van der Waals surface area contributed by atoms with Gasteiger partial charge in [0.1, 0.15) is 5.75 Å². The Morgan fingerprint density at radius 2 is 2.05 bits per heavy atom. The number of nitrogens with one attached hydrogen (secondary N) is 1. The molecule has 0 bridgehead atoms. The number of thiophene rings is 1. The van der Waals surface area contributed by atoms with E-state index in [-0.39, 0.29) is 11.8 Å². The maximum Gasteiger partial charge on any atom is 0.573 e. The molecule has 0 amide bonds. The van der Waals surface area contributed by atoms with Gasteiger partial charge in [0.05, 0.1) is 6.04 Å². The number of rotatable bonds is 6. The van der Waals surface area contributed by atoms with E-state index in [2.05, 4.69) is 10.1 Å². The lowest BCUT2D eigenvalue weighted by Gasteiger charge is -2.19. The fourth-order valence-electron chi connectivity index (χ4n) is 2.05. The molecule has 2 nitrogen and oxygen atoms in total. The van der Waals surface area contributed by atoms with Gasteiger partial charge in [-0.25, -0.2) is 0 Å². The third kappa shape index (κ3) is 4.75. The summed E-state index contributed by atoms with van der Waals surface area (Å²) in [6, 6.07) is 7.94. The highest BCUT2D eigenvalue weighted by molar-refractivity contribution is 7.08. The van der Waals surface area contributed by atoms with Crippen molar-refractivity contribution in [1.29, 1.82) is 0 Å². The van der Waals surface area contributed by atoms with Crippen LogP contribution < -0.4 is 10.1 Å². The summed E-state index contributed by atoms with van der Waals surface area (Å²) in [5, 5.41) is 7.29. The van der Waals surface area contributed by atoms with Gasteiger partial charge in [-0.1, -0.05) is 19.1 Å². The molecule has 1 N–H and O–H groups in total. The molecule has 1 unspecified atom stereocenters. The second-order valence-corrected chi connectivity index (χ2v) is 5.34. The zero-order valence-corrected chi connectivity index (χ0v) is 12.3. The quantitative estimate of drug-likeness (QED) is 0.831. The lowest BCUT2D eigenvalue weighted by molar-refractivity contribution is -0.274. The zero-order chi connectivity index (χ0) is 15.3. The Labute approximate surface area is 125 Å². The molecule has 1 aromatic carbocycles. The predicted molar refractivity (Wildman–Crippen MR) is 77.6 cm³/mol. The predicted octanol–water partition coefficient (Wildman–Crippen LogP) is 4.74. The van der Waals surface area contributed by atoms with Crippen molar-refractivity contribution in [3.8, 4) is 5.75 Å². The van der Waals surface area contributed by atoms with Gasteiger partial charge < -0.3 is 10.1 Å². The number of hydrogen-bond donors (Lipinski definition) is 1. The third-order valence-electron chi connectivity index (χ3n) is 2.90. The van der Waals surface area contributed by atoms with E-state index >= 15 is 0 Å². The van der Waals surface area contributed by atoms with Gasteiger partial charge in [-0.3, -0.25) is 0 Å². The number of alkyl halides is 3. The molecule has 0 saturated carbocycles. The molecular formula is C15H16F3NOS. The average molecular weight is 315 g/mol. The molecule has 0 aliphatic carbocycles. The standard InChI is InChI=1S/C15H16F3NOS/c1-2-7-19-14(12-6-8-21-10-12)11-4-3-5-13(9-11)20-15(16,17)18/h3-6,8-10,14,19H,2,7H2,1H3. The van der Waals surface area contributed by atoms with Gasteiger partial charge in [-0.05, 0) is 53.1 Å². The summed E-state index contributed by atoms with van der Waals surface area (Å²) in [4.78, 5) is 0. The van der Waals surface area contributed by atoms with Crippen LogP contribution in [0, 0.1) is 0 Å². The number of ether oxygens (including phenoxy) is 1. The Kier molecular flexibility index (Phi) is 5.25. The minimum absolute atomic E-state index is 0.131. The molecule has 21 heavy (non-hydrogen) atoms. The summed E-state index contributed by atoms with van der Waals surface area (Å²) < 4.78 is 40.9. The second kappa shape index (κ2) is 6.95. The van der Waals surface area contributed by atoms with Gasteiger partial charge >= 0.3 is 6.36 Å². The monoisotopic (exact) mass is 315 g/mol. The van der Waals surface area contributed by atoms with Crippen LogP contribution in [0.25, 0.3) is 0 Å². The van der Waals surface area contributed by atoms with Crippen LogP contribution in [0.3, 0.4) is 0 Å². The fraction of sp³-hybridized carbons (Fsp3) is 0.333. The molecule has 0 fully saturated rings. The molecule has 114 valence electrons. The van der Waals surface area contributed by atoms with Gasteiger partial charge in [-0.15, -0.1) is 13.2 Å². The molecule has 0 saturated heterocycles. The molecule has 1 heterocycles. The van der Waals surface area contributed by atoms with Crippen LogP contribution in [0.5, 0.6) is 5.75 Å². The zero-order valence-electron chi connectivity index (χ0n) is 11.5. The van der Waals surface area contributed by atoms with Gasteiger partial charge in [0, 0.05) is 0 Å². The number of halogens is 3. The van der Waals surface area contributed by atoms with E-state index in [1.165, 1.54) is 12.1 Å². The average Bonchev–Trinajstić information content (AvgIpc) is 2.91. The lowest BCUT2D eigenvalue weighted by Crippen LogP contribution is -2.23. The normalized spacial score (nSPS) is 13.1. The van der Waals surface area contributed by atoms with E-state index in [0.29, 0.717) is 0 Å². The number of benzene rings is 1. The van der Waals surface area contributed by atoms with E-state index in [0.717, 1.165) is 24.1 Å². The summed E-state index contributed by atoms with van der Waals surface area (Å²) in [5.74, 6) is -0.196. The van der Waals surface area contributed by atoms with E-state index in [9.17, 15) is 13.2 Å². The van der Waals surface area contributed by atoms with Crippen LogP contribution >= 0.6 is 11.3 Å². The molecule has 6 heteroatoms. The highest BCUT2D eigenvalue weighted by Gasteiger charge is 2.31. The molecule has 0 aliphatic rings. The van der Waals surface area contributed by atoms with Crippen LogP contribution in [0.1, 0.15) is 30.5 Å². The molecule has 0 aliphatic heterocycles. The third-order valence-corrected chi connectivity index (χ3v) is 3.60. The smallest absolute Gasteiger partial charge is 0.406 e. The van der Waals surface area contributed by atoms with Crippen molar-refractivity contribution in [2.45, 2.75) is 25.7 Å². The first-order chi connectivity index (χ1) is 9.99. The van der Waals surface area contributed by atoms with Crippen molar-refractivity contribution in [3.63, 3.8) is 0 Å². The molecule has 0 spiro atoms. The van der Waals surface area contributed by atoms with E-state index in [1.807, 2.05) is 23.8 Å². The second-order valence-electron chi connectivity index (χ2n) is 4.56. The summed E-state index contributed by atoms with van der Waals surface area (Å²) in [7, 11) is 0. The molecule has 1 atom stereocenters. The van der Waals surface area contributed by atoms with E-state index in [4.69, 9.17) is 0 Å². The Balaban J connectivity index is 2.25. The first-order valence-corrected chi connectivity index (χ1v) is 7.55. The highest BCUT2D eigenvalue weighted by Crippen LogP contribution is 2.29.